The van der Waals surface area contributed by atoms with Gasteiger partial charge in [-0.3, -0.25) is 14.5 Å². The minimum absolute atomic E-state index is 0.107. The van der Waals surface area contributed by atoms with Gasteiger partial charge < -0.3 is 5.11 Å². The Bertz CT molecular complexity index is 1460. The van der Waals surface area contributed by atoms with Gasteiger partial charge >= 0.3 is 5.91 Å². The summed E-state index contributed by atoms with van der Waals surface area (Å²) in [5.41, 5.74) is 2.40. The van der Waals surface area contributed by atoms with Crippen LogP contribution in [0.2, 0.25) is 5.02 Å². The van der Waals surface area contributed by atoms with Crippen LogP contribution in [-0.4, -0.2) is 21.8 Å². The normalized spacial score (nSPS) is 17.8. The number of hydrogen-bond acceptors (Lipinski definition) is 5. The van der Waals surface area contributed by atoms with Gasteiger partial charge in [-0.15, -0.1) is 0 Å². The Kier molecular flexibility index (Phi) is 5.23. The molecule has 3 aromatic carbocycles. The second-order valence-electron chi connectivity index (χ2n) is 7.70. The highest BCUT2D eigenvalue weighted by molar-refractivity contribution is 7.22. The Labute approximate surface area is 197 Å². The lowest BCUT2D eigenvalue weighted by molar-refractivity contribution is -0.132. The molecule has 8 heteroatoms. The number of anilines is 1. The van der Waals surface area contributed by atoms with Crippen LogP contribution in [0.4, 0.5) is 9.52 Å². The van der Waals surface area contributed by atoms with E-state index in [1.54, 1.807) is 24.3 Å². The van der Waals surface area contributed by atoms with Crippen molar-refractivity contribution in [3.8, 4) is 0 Å². The van der Waals surface area contributed by atoms with Gasteiger partial charge in [0.1, 0.15) is 11.6 Å². The number of benzene rings is 3. The number of hydrogen-bond donors (Lipinski definition) is 1. The second kappa shape index (κ2) is 8.10. The van der Waals surface area contributed by atoms with Crippen molar-refractivity contribution in [2.45, 2.75) is 13.0 Å². The molecule has 0 saturated carbocycles. The first-order valence-electron chi connectivity index (χ1n) is 10.0. The van der Waals surface area contributed by atoms with E-state index < -0.39 is 29.3 Å². The number of carbonyl (C=O) groups excluding carboxylic acids is 2. The summed E-state index contributed by atoms with van der Waals surface area (Å²) >= 11 is 7.50. The van der Waals surface area contributed by atoms with E-state index in [9.17, 15) is 19.1 Å². The van der Waals surface area contributed by atoms with Crippen LogP contribution in [0.5, 0.6) is 0 Å². The van der Waals surface area contributed by atoms with Crippen LogP contribution in [0.25, 0.3) is 16.0 Å². The van der Waals surface area contributed by atoms with E-state index >= 15 is 0 Å². The monoisotopic (exact) mass is 478 g/mol. The van der Waals surface area contributed by atoms with Crippen LogP contribution in [-0.2, 0) is 9.59 Å². The van der Waals surface area contributed by atoms with Gasteiger partial charge in [0, 0.05) is 10.6 Å². The Morgan fingerprint density at radius 3 is 2.58 bits per heavy atom. The molecule has 1 fully saturated rings. The van der Waals surface area contributed by atoms with Crippen LogP contribution in [0.3, 0.4) is 0 Å². The molecule has 4 aromatic rings. The summed E-state index contributed by atoms with van der Waals surface area (Å²) in [5.74, 6) is -2.53. The fourth-order valence-corrected chi connectivity index (χ4v) is 5.20. The molecule has 1 aliphatic rings. The van der Waals surface area contributed by atoms with Crippen LogP contribution in [0.1, 0.15) is 22.7 Å². The number of rotatable bonds is 3. The number of Topliss-reactive ketones (excluding diaryl/α,β-unsaturated/α-hetero) is 1. The van der Waals surface area contributed by atoms with Gasteiger partial charge in [0.25, 0.3) is 5.78 Å². The third-order valence-electron chi connectivity index (χ3n) is 5.47. The number of ketones is 1. The first-order chi connectivity index (χ1) is 15.8. The maximum atomic E-state index is 13.4. The quantitative estimate of drug-likeness (QED) is 0.222. The number of aromatic nitrogens is 1. The maximum Gasteiger partial charge on any atom is 0.301 e. The molecular weight excluding hydrogens is 463 g/mol. The van der Waals surface area contributed by atoms with Crippen molar-refractivity contribution in [3.63, 3.8) is 0 Å². The number of aliphatic hydroxyl groups is 1. The van der Waals surface area contributed by atoms with Crippen LogP contribution in [0, 0.1) is 12.7 Å². The van der Waals surface area contributed by atoms with Crippen molar-refractivity contribution in [2.75, 3.05) is 4.90 Å². The predicted molar refractivity (Wildman–Crippen MR) is 127 cm³/mol. The molecule has 1 atom stereocenters. The zero-order valence-electron chi connectivity index (χ0n) is 17.3. The van der Waals surface area contributed by atoms with Crippen molar-refractivity contribution in [1.29, 1.82) is 0 Å². The van der Waals surface area contributed by atoms with Gasteiger partial charge in [-0.1, -0.05) is 41.1 Å². The summed E-state index contributed by atoms with van der Waals surface area (Å²) in [6.07, 6.45) is 0. The van der Waals surface area contributed by atoms with Gasteiger partial charge in [0.15, 0.2) is 5.13 Å². The number of aliphatic hydroxyl groups excluding tert-OH is 1. The average molecular weight is 479 g/mol. The highest BCUT2D eigenvalue weighted by Gasteiger charge is 2.48. The minimum Gasteiger partial charge on any atom is -0.507 e. The van der Waals surface area contributed by atoms with Crippen LogP contribution < -0.4 is 4.90 Å². The molecule has 164 valence electrons. The van der Waals surface area contributed by atoms with Crippen LogP contribution in [0.15, 0.2) is 72.3 Å². The zero-order valence-corrected chi connectivity index (χ0v) is 18.8. The largest absolute Gasteiger partial charge is 0.507 e. The molecule has 1 N–H and O–H groups in total. The minimum atomic E-state index is -0.949. The molecule has 1 amide bonds. The van der Waals surface area contributed by atoms with Crippen LogP contribution >= 0.6 is 22.9 Å². The molecular formula is C25H16ClFN2O3S. The average Bonchev–Trinajstić information content (AvgIpc) is 3.32. The third kappa shape index (κ3) is 3.69. The Morgan fingerprint density at radius 2 is 1.85 bits per heavy atom. The van der Waals surface area contributed by atoms with Gasteiger partial charge in [-0.05, 0) is 66.6 Å². The lowest BCUT2D eigenvalue weighted by Gasteiger charge is -2.23. The number of halogens is 2. The van der Waals surface area contributed by atoms with E-state index in [0.717, 1.165) is 10.3 Å². The molecule has 0 bridgehead atoms. The Morgan fingerprint density at radius 1 is 1.09 bits per heavy atom. The van der Waals surface area contributed by atoms with Gasteiger partial charge in [0.05, 0.1) is 21.8 Å². The lowest BCUT2D eigenvalue weighted by Crippen LogP contribution is -2.29. The number of aryl methyl sites for hydroxylation is 1. The Balaban J connectivity index is 1.74. The van der Waals surface area contributed by atoms with E-state index in [0.29, 0.717) is 21.2 Å². The van der Waals surface area contributed by atoms with E-state index in [4.69, 9.17) is 11.6 Å². The summed E-state index contributed by atoms with van der Waals surface area (Å²) in [4.78, 5) is 32.3. The lowest BCUT2D eigenvalue weighted by atomic mass is 9.95. The van der Waals surface area contributed by atoms with E-state index in [1.807, 2.05) is 25.1 Å². The van der Waals surface area contributed by atoms with E-state index in [1.165, 1.54) is 40.5 Å². The topological polar surface area (TPSA) is 70.5 Å². The smallest absolute Gasteiger partial charge is 0.301 e. The highest BCUT2D eigenvalue weighted by atomic mass is 35.5. The molecule has 0 unspecified atom stereocenters. The third-order valence-corrected chi connectivity index (χ3v) is 6.72. The molecule has 5 rings (SSSR count). The fraction of sp³-hybridized carbons (Fsp3) is 0.0800. The van der Waals surface area contributed by atoms with Crippen molar-refractivity contribution >= 4 is 55.7 Å². The molecule has 1 aliphatic heterocycles. The number of thiazole rings is 1. The predicted octanol–water partition coefficient (Wildman–Crippen LogP) is 6.02. The first-order valence-corrected chi connectivity index (χ1v) is 11.2. The molecule has 0 radical (unpaired) electrons. The summed E-state index contributed by atoms with van der Waals surface area (Å²) in [7, 11) is 0. The number of fused-ring (bicyclic) bond motifs is 1. The number of nitrogens with zero attached hydrogens (tertiary/aromatic N) is 2. The standard InChI is InChI=1S/C25H16ClFN2O3S/c1-13-5-10-18-19(11-13)33-25(28-18)29-21(15-3-2-4-16(26)12-15)20(23(31)24(29)32)22(30)14-6-8-17(27)9-7-14/h2-12,21,30H,1H3/t21-/m0/s1. The molecule has 33 heavy (non-hydrogen) atoms. The number of amides is 1. The first kappa shape index (κ1) is 21.3. The highest BCUT2D eigenvalue weighted by Crippen LogP contribution is 2.44. The zero-order chi connectivity index (χ0) is 23.3. The summed E-state index contributed by atoms with van der Waals surface area (Å²) in [6, 6.07) is 16.6. The van der Waals surface area contributed by atoms with Gasteiger partial charge in [-0.25, -0.2) is 9.37 Å². The molecule has 0 aliphatic carbocycles. The fourth-order valence-electron chi connectivity index (χ4n) is 3.91. The van der Waals surface area contributed by atoms with Crippen molar-refractivity contribution < 1.29 is 19.1 Å². The van der Waals surface area contributed by atoms with Crippen molar-refractivity contribution in [3.05, 3.63) is 99.8 Å². The summed E-state index contributed by atoms with van der Waals surface area (Å²) < 4.78 is 14.3. The number of carbonyl (C=O) groups is 2. The maximum absolute atomic E-state index is 13.4. The summed E-state index contributed by atoms with van der Waals surface area (Å²) in [5, 5.41) is 11.8. The summed E-state index contributed by atoms with van der Waals surface area (Å²) in [6.45, 7) is 1.96. The van der Waals surface area contributed by atoms with Crippen molar-refractivity contribution in [1.82, 2.24) is 4.98 Å². The molecule has 5 nitrogen and oxygen atoms in total. The molecule has 0 spiro atoms. The Hall–Kier alpha value is -3.55. The molecule has 1 saturated heterocycles. The SMILES string of the molecule is Cc1ccc2nc(N3C(=O)C(=O)C(=C(O)c4ccc(F)cc4)[C@@H]3c3cccc(Cl)c3)sc2c1. The van der Waals surface area contributed by atoms with Gasteiger partial charge in [-0.2, -0.15) is 0 Å². The van der Waals surface area contributed by atoms with Gasteiger partial charge in [0.2, 0.25) is 0 Å². The van der Waals surface area contributed by atoms with E-state index in [-0.39, 0.29) is 11.1 Å². The molecule has 2 heterocycles. The molecule has 1 aromatic heterocycles. The van der Waals surface area contributed by atoms with Crippen molar-refractivity contribution in [2.24, 2.45) is 0 Å². The van der Waals surface area contributed by atoms with E-state index in [2.05, 4.69) is 4.98 Å². The second-order valence-corrected chi connectivity index (χ2v) is 9.14.